The van der Waals surface area contributed by atoms with Crippen LogP contribution in [-0.2, 0) is 11.3 Å². The Kier molecular flexibility index (Phi) is 6.01. The standard InChI is InChI=1S/C19H25N5O3S/c25-17-2-1-7-21-24(17)14-18(26)23-9-3-15(4-10-23)22-11-5-16(6-12-22)27-19-20-8-13-28-19/h1-2,7-8,13,15-16H,3-6,9-12,14H2. The second-order valence-electron chi connectivity index (χ2n) is 7.28. The average Bonchev–Trinajstić information content (AvgIpc) is 3.23. The number of carbonyl (C=O) groups excluding carboxylic acids is 1. The van der Waals surface area contributed by atoms with Crippen molar-refractivity contribution in [2.45, 2.75) is 44.4 Å². The van der Waals surface area contributed by atoms with E-state index < -0.39 is 0 Å². The monoisotopic (exact) mass is 403 g/mol. The van der Waals surface area contributed by atoms with Gasteiger partial charge in [0.15, 0.2) is 0 Å². The van der Waals surface area contributed by atoms with Crippen LogP contribution in [0.2, 0.25) is 0 Å². The lowest BCUT2D eigenvalue weighted by atomic mass is 9.99. The molecule has 2 aliphatic rings. The summed E-state index contributed by atoms with van der Waals surface area (Å²) in [5.41, 5.74) is -0.242. The maximum absolute atomic E-state index is 12.5. The van der Waals surface area contributed by atoms with E-state index in [1.54, 1.807) is 12.3 Å². The topological polar surface area (TPSA) is 80.6 Å². The van der Waals surface area contributed by atoms with Gasteiger partial charge in [0.2, 0.25) is 5.91 Å². The van der Waals surface area contributed by atoms with Crippen molar-refractivity contribution in [2.24, 2.45) is 0 Å². The quantitative estimate of drug-likeness (QED) is 0.747. The normalized spacial score (nSPS) is 19.6. The number of carbonyl (C=O) groups is 1. The summed E-state index contributed by atoms with van der Waals surface area (Å²) in [7, 11) is 0. The number of ether oxygens (including phenoxy) is 1. The van der Waals surface area contributed by atoms with Gasteiger partial charge in [0.1, 0.15) is 12.6 Å². The first kappa shape index (κ1) is 19.1. The summed E-state index contributed by atoms with van der Waals surface area (Å²) >= 11 is 1.54. The molecule has 0 unspecified atom stereocenters. The Morgan fingerprint density at radius 1 is 1.14 bits per heavy atom. The van der Waals surface area contributed by atoms with E-state index in [4.69, 9.17) is 4.74 Å². The summed E-state index contributed by atoms with van der Waals surface area (Å²) in [6.07, 6.45) is 7.53. The molecule has 0 aliphatic carbocycles. The number of hydrogen-bond donors (Lipinski definition) is 0. The molecule has 2 aromatic heterocycles. The first-order valence-corrected chi connectivity index (χ1v) is 10.7. The van der Waals surface area contributed by atoms with Gasteiger partial charge in [-0.2, -0.15) is 5.10 Å². The molecule has 2 aliphatic heterocycles. The van der Waals surface area contributed by atoms with Crippen molar-refractivity contribution in [1.29, 1.82) is 0 Å². The number of hydrogen-bond acceptors (Lipinski definition) is 7. The molecule has 4 heterocycles. The third kappa shape index (κ3) is 4.59. The van der Waals surface area contributed by atoms with Gasteiger partial charge in [0, 0.05) is 56.1 Å². The van der Waals surface area contributed by atoms with Crippen molar-refractivity contribution in [3.8, 4) is 5.19 Å². The minimum atomic E-state index is -0.242. The van der Waals surface area contributed by atoms with Crippen LogP contribution >= 0.6 is 11.3 Å². The summed E-state index contributed by atoms with van der Waals surface area (Å²) in [4.78, 5) is 32.8. The molecule has 0 N–H and O–H groups in total. The highest BCUT2D eigenvalue weighted by atomic mass is 32.1. The maximum atomic E-state index is 12.5. The Hall–Kier alpha value is -2.26. The van der Waals surface area contributed by atoms with Crippen LogP contribution in [-0.4, -0.2) is 68.8 Å². The van der Waals surface area contributed by atoms with E-state index in [0.717, 1.165) is 57.1 Å². The lowest BCUT2D eigenvalue weighted by Crippen LogP contribution is -2.50. The van der Waals surface area contributed by atoms with E-state index in [2.05, 4.69) is 15.0 Å². The Morgan fingerprint density at radius 2 is 1.93 bits per heavy atom. The van der Waals surface area contributed by atoms with E-state index >= 15 is 0 Å². The van der Waals surface area contributed by atoms with Gasteiger partial charge in [-0.1, -0.05) is 11.3 Å². The molecule has 2 aromatic rings. The Balaban J connectivity index is 1.22. The molecule has 2 fully saturated rings. The van der Waals surface area contributed by atoms with Crippen molar-refractivity contribution < 1.29 is 9.53 Å². The number of thiazole rings is 1. The molecular formula is C19H25N5O3S. The van der Waals surface area contributed by atoms with Gasteiger partial charge in [-0.15, -0.1) is 0 Å². The third-order valence-corrected chi connectivity index (χ3v) is 6.22. The van der Waals surface area contributed by atoms with Crippen LogP contribution in [0.5, 0.6) is 5.19 Å². The molecule has 1 amide bonds. The average molecular weight is 404 g/mol. The molecule has 0 aromatic carbocycles. The SMILES string of the molecule is O=C(Cn1ncccc1=O)N1CCC(N2CCC(Oc3nccs3)CC2)CC1. The molecule has 9 heteroatoms. The van der Waals surface area contributed by atoms with Crippen LogP contribution in [0, 0.1) is 0 Å². The predicted octanol–water partition coefficient (Wildman–Crippen LogP) is 1.23. The van der Waals surface area contributed by atoms with Crippen LogP contribution < -0.4 is 10.3 Å². The largest absolute Gasteiger partial charge is 0.467 e. The van der Waals surface area contributed by atoms with E-state index in [1.165, 1.54) is 28.3 Å². The van der Waals surface area contributed by atoms with Gasteiger partial charge in [0.05, 0.1) is 0 Å². The Morgan fingerprint density at radius 3 is 2.61 bits per heavy atom. The van der Waals surface area contributed by atoms with Crippen molar-refractivity contribution in [3.05, 3.63) is 40.3 Å². The van der Waals surface area contributed by atoms with Crippen LogP contribution in [0.25, 0.3) is 0 Å². The summed E-state index contributed by atoms with van der Waals surface area (Å²) in [5, 5.41) is 6.66. The first-order chi connectivity index (χ1) is 13.7. The van der Waals surface area contributed by atoms with Crippen molar-refractivity contribution in [1.82, 2.24) is 24.6 Å². The lowest BCUT2D eigenvalue weighted by molar-refractivity contribution is -0.133. The molecule has 4 rings (SSSR count). The minimum absolute atomic E-state index is 0.0177. The second-order valence-corrected chi connectivity index (χ2v) is 8.14. The highest BCUT2D eigenvalue weighted by Gasteiger charge is 2.30. The molecule has 0 atom stereocenters. The zero-order valence-electron chi connectivity index (χ0n) is 15.8. The van der Waals surface area contributed by atoms with Crippen LogP contribution in [0.1, 0.15) is 25.7 Å². The molecule has 28 heavy (non-hydrogen) atoms. The Bertz CT molecular complexity index is 824. The molecule has 8 nitrogen and oxygen atoms in total. The van der Waals surface area contributed by atoms with Crippen LogP contribution in [0.15, 0.2) is 34.7 Å². The zero-order chi connectivity index (χ0) is 19.3. The van der Waals surface area contributed by atoms with E-state index in [-0.39, 0.29) is 24.1 Å². The molecule has 0 radical (unpaired) electrons. The van der Waals surface area contributed by atoms with E-state index in [9.17, 15) is 9.59 Å². The molecular weight excluding hydrogens is 378 g/mol. The number of piperidine rings is 2. The summed E-state index contributed by atoms with van der Waals surface area (Å²) in [6, 6.07) is 3.52. The summed E-state index contributed by atoms with van der Waals surface area (Å²) < 4.78 is 7.16. The fourth-order valence-corrected chi connectivity index (χ4v) is 4.54. The molecule has 0 spiro atoms. The van der Waals surface area contributed by atoms with Crippen molar-refractivity contribution in [3.63, 3.8) is 0 Å². The number of rotatable bonds is 5. The number of nitrogens with zero attached hydrogens (tertiary/aromatic N) is 5. The van der Waals surface area contributed by atoms with Crippen molar-refractivity contribution in [2.75, 3.05) is 26.2 Å². The number of likely N-dealkylation sites (tertiary alicyclic amines) is 2. The fraction of sp³-hybridized carbons (Fsp3) is 0.579. The van der Waals surface area contributed by atoms with Gasteiger partial charge < -0.3 is 9.64 Å². The number of amides is 1. The highest BCUT2D eigenvalue weighted by Crippen LogP contribution is 2.24. The highest BCUT2D eigenvalue weighted by molar-refractivity contribution is 7.11. The molecule has 0 saturated carbocycles. The first-order valence-electron chi connectivity index (χ1n) is 9.79. The van der Waals surface area contributed by atoms with Gasteiger partial charge >= 0.3 is 0 Å². The second kappa shape index (κ2) is 8.83. The van der Waals surface area contributed by atoms with Crippen molar-refractivity contribution >= 4 is 17.2 Å². The zero-order valence-corrected chi connectivity index (χ0v) is 16.6. The van der Waals surface area contributed by atoms with E-state index in [1.807, 2.05) is 10.3 Å². The summed E-state index contributed by atoms with van der Waals surface area (Å²) in [5.74, 6) is -0.0326. The van der Waals surface area contributed by atoms with Gasteiger partial charge in [-0.3, -0.25) is 14.5 Å². The third-order valence-electron chi connectivity index (χ3n) is 5.56. The smallest absolute Gasteiger partial charge is 0.273 e. The fourth-order valence-electron chi connectivity index (χ4n) is 3.98. The molecule has 0 bridgehead atoms. The molecule has 2 saturated heterocycles. The van der Waals surface area contributed by atoms with Gasteiger partial charge in [0.25, 0.3) is 10.8 Å². The molecule has 150 valence electrons. The Labute approximate surface area is 167 Å². The number of aromatic nitrogens is 3. The predicted molar refractivity (Wildman–Crippen MR) is 105 cm³/mol. The van der Waals surface area contributed by atoms with E-state index in [0.29, 0.717) is 6.04 Å². The minimum Gasteiger partial charge on any atom is -0.467 e. The van der Waals surface area contributed by atoms with Gasteiger partial charge in [-0.05, 0) is 31.7 Å². The van der Waals surface area contributed by atoms with Crippen LogP contribution in [0.4, 0.5) is 0 Å². The maximum Gasteiger partial charge on any atom is 0.273 e. The van der Waals surface area contributed by atoms with Gasteiger partial charge in [-0.25, -0.2) is 9.67 Å². The van der Waals surface area contributed by atoms with Crippen LogP contribution in [0.3, 0.4) is 0 Å². The summed E-state index contributed by atoms with van der Waals surface area (Å²) in [6.45, 7) is 3.54. The lowest BCUT2D eigenvalue weighted by Gasteiger charge is -2.41.